The van der Waals surface area contributed by atoms with Gasteiger partial charge in [-0.05, 0) is 61.8 Å². The van der Waals surface area contributed by atoms with Crippen LogP contribution in [-0.2, 0) is 15.1 Å². The summed E-state index contributed by atoms with van der Waals surface area (Å²) >= 11 is 0. The first kappa shape index (κ1) is 27.2. The fraction of sp³-hybridized carbons (Fsp3) is 0.562. The van der Waals surface area contributed by atoms with E-state index in [2.05, 4.69) is 76.2 Å². The lowest BCUT2D eigenvalue weighted by molar-refractivity contribution is -0.140. The lowest BCUT2D eigenvalue weighted by Gasteiger charge is -2.43. The van der Waals surface area contributed by atoms with E-state index >= 15 is 0 Å². The summed E-state index contributed by atoms with van der Waals surface area (Å²) in [7, 11) is 1.82. The summed E-state index contributed by atoms with van der Waals surface area (Å²) in [5, 5.41) is 14.1. The van der Waals surface area contributed by atoms with Gasteiger partial charge in [0.2, 0.25) is 5.91 Å². The third kappa shape index (κ3) is 5.01. The van der Waals surface area contributed by atoms with Crippen molar-refractivity contribution in [1.29, 1.82) is 0 Å². The molecule has 4 heterocycles. The number of ether oxygens (including phenoxy) is 1. The molecule has 8 nitrogen and oxygen atoms in total. The van der Waals surface area contributed by atoms with Crippen LogP contribution in [0, 0.1) is 11.8 Å². The van der Waals surface area contributed by atoms with Crippen LogP contribution in [0.15, 0.2) is 48.8 Å². The third-order valence-electron chi connectivity index (χ3n) is 9.77. The molecule has 0 bridgehead atoms. The number of aliphatic hydroxyl groups excluding tert-OH is 1. The zero-order valence-electron chi connectivity index (χ0n) is 24.1. The lowest BCUT2D eigenvalue weighted by Crippen LogP contribution is -2.52. The Morgan fingerprint density at radius 3 is 2.38 bits per heavy atom. The number of likely N-dealkylation sites (tertiary alicyclic amines) is 1. The van der Waals surface area contributed by atoms with Gasteiger partial charge in [-0.3, -0.25) is 9.69 Å². The number of rotatable bonds is 7. The number of hydrogen-bond acceptors (Lipinski definition) is 6. The Morgan fingerprint density at radius 2 is 1.75 bits per heavy atom. The highest BCUT2D eigenvalue weighted by Crippen LogP contribution is 2.38. The van der Waals surface area contributed by atoms with Crippen LogP contribution in [0.5, 0.6) is 0 Å². The number of aromatic nitrogens is 2. The number of carbonyl (C=O) groups is 1. The average molecular weight is 546 g/mol. The number of amides is 1. The maximum atomic E-state index is 12.8. The molecule has 3 aliphatic rings. The first-order valence-corrected chi connectivity index (χ1v) is 14.9. The molecule has 1 atom stereocenters. The van der Waals surface area contributed by atoms with E-state index in [9.17, 15) is 9.90 Å². The Hall–Kier alpha value is -2.94. The number of carbonyl (C=O) groups excluding carboxylic acids is 1. The predicted molar refractivity (Wildman–Crippen MR) is 157 cm³/mol. The van der Waals surface area contributed by atoms with E-state index in [1.807, 2.05) is 17.8 Å². The molecule has 2 saturated heterocycles. The maximum absolute atomic E-state index is 12.8. The number of fused-ring (bicyclic) bond motifs is 1. The second kappa shape index (κ2) is 11.1. The molecule has 1 aliphatic carbocycles. The molecule has 1 amide bonds. The van der Waals surface area contributed by atoms with Crippen molar-refractivity contribution in [2.75, 3.05) is 57.9 Å². The van der Waals surface area contributed by atoms with E-state index in [1.54, 1.807) is 0 Å². The minimum Gasteiger partial charge on any atom is -0.395 e. The van der Waals surface area contributed by atoms with E-state index in [0.29, 0.717) is 11.8 Å². The highest BCUT2D eigenvalue weighted by molar-refractivity contribution is 5.82. The second-order valence-electron chi connectivity index (χ2n) is 12.2. The number of methoxy groups -OCH3 is 1. The van der Waals surface area contributed by atoms with Crippen molar-refractivity contribution < 1.29 is 14.6 Å². The first-order chi connectivity index (χ1) is 19.4. The van der Waals surface area contributed by atoms with Crippen LogP contribution in [0.1, 0.15) is 45.1 Å². The number of nitrogens with zero attached hydrogens (tertiary/aromatic N) is 5. The van der Waals surface area contributed by atoms with Gasteiger partial charge in [-0.25, -0.2) is 4.52 Å². The van der Waals surface area contributed by atoms with Gasteiger partial charge in [-0.15, -0.1) is 0 Å². The summed E-state index contributed by atoms with van der Waals surface area (Å²) in [6.07, 6.45) is 7.89. The Bertz CT molecular complexity index is 1320. The maximum Gasteiger partial charge on any atom is 0.225 e. The zero-order valence-corrected chi connectivity index (χ0v) is 24.1. The van der Waals surface area contributed by atoms with Crippen LogP contribution < -0.4 is 4.90 Å². The van der Waals surface area contributed by atoms with Gasteiger partial charge >= 0.3 is 0 Å². The Kier molecular flexibility index (Phi) is 7.59. The zero-order chi connectivity index (χ0) is 27.9. The van der Waals surface area contributed by atoms with E-state index in [0.717, 1.165) is 81.6 Å². The molecule has 2 aliphatic heterocycles. The van der Waals surface area contributed by atoms with Gasteiger partial charge in [-0.1, -0.05) is 31.2 Å². The fourth-order valence-corrected chi connectivity index (χ4v) is 6.97. The standard InChI is InChI=1S/C32H43N5O3/c1-23-18-26(19-23)31(39)36-16-14-35(15-17-36)29-8-11-33-37-21-27(20-30(29)37)25-4-6-28(7-5-25)32(40-3)9-12-34(13-10-32)24(2)22-38/h4-8,11,20-21,23-24,26,38H,9-10,12-19,22H2,1-3H3/t23?,24-,26?/m1/s1. The molecule has 40 heavy (non-hydrogen) atoms. The van der Waals surface area contributed by atoms with Crippen molar-refractivity contribution in [2.24, 2.45) is 11.8 Å². The SMILES string of the molecule is COC1(c2ccc(-c3cc4c(N5CCN(C(=O)C6CC(C)C6)CC5)ccnn4c3)cc2)CCN([C@H](C)CO)CC1. The molecule has 3 aromatic rings. The molecule has 3 fully saturated rings. The minimum atomic E-state index is -0.287. The number of benzene rings is 1. The van der Waals surface area contributed by atoms with Gasteiger partial charge in [-0.2, -0.15) is 5.10 Å². The smallest absolute Gasteiger partial charge is 0.225 e. The summed E-state index contributed by atoms with van der Waals surface area (Å²) in [6.45, 7) is 9.58. The molecule has 214 valence electrons. The highest BCUT2D eigenvalue weighted by atomic mass is 16.5. The molecule has 0 radical (unpaired) electrons. The van der Waals surface area contributed by atoms with Crippen LogP contribution in [0.25, 0.3) is 16.6 Å². The molecule has 6 rings (SSSR count). The molecule has 1 saturated carbocycles. The van der Waals surface area contributed by atoms with Crippen molar-refractivity contribution in [3.05, 3.63) is 54.4 Å². The van der Waals surface area contributed by atoms with Crippen LogP contribution in [0.4, 0.5) is 5.69 Å². The van der Waals surface area contributed by atoms with Crippen molar-refractivity contribution >= 4 is 17.1 Å². The van der Waals surface area contributed by atoms with Gasteiger partial charge in [0.15, 0.2) is 0 Å². The number of piperazine rings is 1. The first-order valence-electron chi connectivity index (χ1n) is 14.9. The van der Waals surface area contributed by atoms with Crippen LogP contribution in [0.2, 0.25) is 0 Å². The van der Waals surface area contributed by atoms with Crippen molar-refractivity contribution in [3.63, 3.8) is 0 Å². The predicted octanol–water partition coefficient (Wildman–Crippen LogP) is 4.01. The van der Waals surface area contributed by atoms with Crippen LogP contribution in [0.3, 0.4) is 0 Å². The summed E-state index contributed by atoms with van der Waals surface area (Å²) < 4.78 is 8.09. The van der Waals surface area contributed by atoms with Gasteiger partial charge in [0, 0.05) is 76.3 Å². The van der Waals surface area contributed by atoms with Gasteiger partial charge in [0.1, 0.15) is 0 Å². The number of anilines is 1. The van der Waals surface area contributed by atoms with Crippen molar-refractivity contribution in [3.8, 4) is 11.1 Å². The largest absolute Gasteiger partial charge is 0.395 e. The molecular weight excluding hydrogens is 502 g/mol. The van der Waals surface area contributed by atoms with E-state index in [4.69, 9.17) is 4.74 Å². The molecule has 0 spiro atoms. The molecular formula is C32H43N5O3. The molecule has 0 unspecified atom stereocenters. The van der Waals surface area contributed by atoms with Gasteiger partial charge in [0.25, 0.3) is 0 Å². The summed E-state index contributed by atoms with van der Waals surface area (Å²) in [4.78, 5) is 19.6. The molecule has 2 aromatic heterocycles. The minimum absolute atomic E-state index is 0.183. The van der Waals surface area contributed by atoms with Crippen LogP contribution in [-0.4, -0.2) is 89.5 Å². The Balaban J connectivity index is 1.16. The van der Waals surface area contributed by atoms with E-state index in [-0.39, 0.29) is 24.2 Å². The monoisotopic (exact) mass is 545 g/mol. The Morgan fingerprint density at radius 1 is 1.05 bits per heavy atom. The third-order valence-corrected chi connectivity index (χ3v) is 9.77. The fourth-order valence-electron chi connectivity index (χ4n) is 6.97. The van der Waals surface area contributed by atoms with Gasteiger partial charge in [0.05, 0.1) is 23.4 Å². The molecule has 1 aromatic carbocycles. The van der Waals surface area contributed by atoms with E-state index in [1.165, 1.54) is 11.3 Å². The summed E-state index contributed by atoms with van der Waals surface area (Å²) in [5.41, 5.74) is 5.48. The summed E-state index contributed by atoms with van der Waals surface area (Å²) in [6, 6.07) is 13.3. The van der Waals surface area contributed by atoms with Gasteiger partial charge < -0.3 is 19.6 Å². The second-order valence-corrected chi connectivity index (χ2v) is 12.2. The normalized spacial score (nSPS) is 24.2. The number of aliphatic hydroxyl groups is 1. The van der Waals surface area contributed by atoms with Crippen molar-refractivity contribution in [1.82, 2.24) is 19.4 Å². The highest BCUT2D eigenvalue weighted by Gasteiger charge is 2.38. The quantitative estimate of drug-likeness (QED) is 0.484. The number of piperidine rings is 1. The van der Waals surface area contributed by atoms with Crippen molar-refractivity contribution in [2.45, 2.75) is 51.2 Å². The average Bonchev–Trinajstić information content (AvgIpc) is 3.44. The molecule has 8 heteroatoms. The van der Waals surface area contributed by atoms with E-state index < -0.39 is 0 Å². The lowest BCUT2D eigenvalue weighted by atomic mass is 9.75. The molecule has 1 N–H and O–H groups in total. The topological polar surface area (TPSA) is 73.5 Å². The van der Waals surface area contributed by atoms with Crippen LogP contribution >= 0.6 is 0 Å². The number of hydrogen-bond donors (Lipinski definition) is 1. The Labute approximate surface area is 237 Å². The summed E-state index contributed by atoms with van der Waals surface area (Å²) in [5.74, 6) is 1.29.